The molecule has 3 rings (SSSR count). The van der Waals surface area contributed by atoms with E-state index in [9.17, 15) is 8.42 Å². The minimum atomic E-state index is -3.36. The van der Waals surface area contributed by atoms with Gasteiger partial charge in [-0.2, -0.15) is 8.42 Å². The van der Waals surface area contributed by atoms with Crippen molar-refractivity contribution in [1.29, 1.82) is 0 Å². The van der Waals surface area contributed by atoms with Gasteiger partial charge in [-0.15, -0.1) is 0 Å². The molecule has 0 unspecified atom stereocenters. The Bertz CT molecular complexity index is 616. The van der Waals surface area contributed by atoms with Gasteiger partial charge < -0.3 is 14.4 Å². The van der Waals surface area contributed by atoms with E-state index in [1.165, 1.54) is 5.56 Å². The van der Waals surface area contributed by atoms with E-state index in [2.05, 4.69) is 4.90 Å². The van der Waals surface area contributed by atoms with Crippen molar-refractivity contribution in [3.63, 3.8) is 0 Å². The maximum absolute atomic E-state index is 11.1. The van der Waals surface area contributed by atoms with Gasteiger partial charge in [0, 0.05) is 19.6 Å². The molecule has 0 saturated carbocycles. The van der Waals surface area contributed by atoms with E-state index in [0.717, 1.165) is 43.7 Å². The summed E-state index contributed by atoms with van der Waals surface area (Å²) in [5, 5.41) is 0. The maximum Gasteiger partial charge on any atom is 0.264 e. The highest BCUT2D eigenvalue weighted by molar-refractivity contribution is 7.86. The van der Waals surface area contributed by atoms with Gasteiger partial charge in [0.2, 0.25) is 6.79 Å². The topological polar surface area (TPSA) is 65.1 Å². The maximum atomic E-state index is 11.1. The van der Waals surface area contributed by atoms with Crippen LogP contribution in [-0.2, 0) is 20.7 Å². The zero-order valence-corrected chi connectivity index (χ0v) is 12.8. The first-order valence-corrected chi connectivity index (χ1v) is 8.80. The number of hydrogen-bond acceptors (Lipinski definition) is 6. The highest BCUT2D eigenvalue weighted by Gasteiger charge is 2.25. The molecule has 0 spiro atoms. The third kappa shape index (κ3) is 3.87. The van der Waals surface area contributed by atoms with E-state index < -0.39 is 10.1 Å². The number of hydrogen-bond donors (Lipinski definition) is 0. The zero-order chi connectivity index (χ0) is 14.9. The van der Waals surface area contributed by atoms with Crippen LogP contribution < -0.4 is 9.47 Å². The van der Waals surface area contributed by atoms with Crippen molar-refractivity contribution in [2.75, 3.05) is 32.7 Å². The molecular weight excluding hydrogens is 294 g/mol. The number of fused-ring (bicyclic) bond motifs is 1. The van der Waals surface area contributed by atoms with Crippen molar-refractivity contribution in [3.8, 4) is 11.5 Å². The molecule has 6 nitrogen and oxygen atoms in total. The van der Waals surface area contributed by atoms with Crippen LogP contribution in [-0.4, -0.2) is 52.1 Å². The zero-order valence-electron chi connectivity index (χ0n) is 11.9. The van der Waals surface area contributed by atoms with Crippen molar-refractivity contribution >= 4 is 10.1 Å². The summed E-state index contributed by atoms with van der Waals surface area (Å²) in [7, 11) is -3.36. The smallest absolute Gasteiger partial charge is 0.264 e. The molecule has 0 radical (unpaired) electrons. The fraction of sp³-hybridized carbons (Fsp3) is 0.571. The Balaban J connectivity index is 1.50. The van der Waals surface area contributed by atoms with Crippen LogP contribution in [0, 0.1) is 0 Å². The minimum Gasteiger partial charge on any atom is -0.454 e. The summed E-state index contributed by atoms with van der Waals surface area (Å²) in [4.78, 5) is 2.22. The first-order chi connectivity index (χ1) is 9.99. The Labute approximate surface area is 124 Å². The molecule has 21 heavy (non-hydrogen) atoms. The standard InChI is InChI=1S/C14H19NO5S/c1-21(16,17)20-12-5-7-15(9-12)6-4-11-2-3-13-14(8-11)19-10-18-13/h2-3,8,12H,4-7,9-10H2,1H3/t12-/m0/s1. The SMILES string of the molecule is CS(=O)(=O)O[C@H]1CCN(CCc2ccc3c(c2)OCO3)C1. The van der Waals surface area contributed by atoms with Crippen molar-refractivity contribution in [3.05, 3.63) is 23.8 Å². The number of likely N-dealkylation sites (tertiary alicyclic amines) is 1. The van der Waals surface area contributed by atoms with Crippen molar-refractivity contribution < 1.29 is 22.1 Å². The number of nitrogens with zero attached hydrogens (tertiary/aromatic N) is 1. The summed E-state index contributed by atoms with van der Waals surface area (Å²) in [6.07, 6.45) is 2.54. The van der Waals surface area contributed by atoms with Gasteiger partial charge >= 0.3 is 0 Å². The van der Waals surface area contributed by atoms with Crippen molar-refractivity contribution in [1.82, 2.24) is 4.90 Å². The second kappa shape index (κ2) is 5.82. The van der Waals surface area contributed by atoms with Crippen LogP contribution in [0.4, 0.5) is 0 Å². The first kappa shape index (κ1) is 14.6. The first-order valence-electron chi connectivity index (χ1n) is 6.99. The molecule has 1 atom stereocenters. The van der Waals surface area contributed by atoms with Crippen LogP contribution in [0.1, 0.15) is 12.0 Å². The van der Waals surface area contributed by atoms with Gasteiger partial charge in [-0.3, -0.25) is 4.18 Å². The molecule has 1 aromatic rings. The molecule has 2 aliphatic rings. The average molecular weight is 313 g/mol. The lowest BCUT2D eigenvalue weighted by atomic mass is 10.1. The molecule has 0 amide bonds. The highest BCUT2D eigenvalue weighted by atomic mass is 32.2. The van der Waals surface area contributed by atoms with E-state index in [4.69, 9.17) is 13.7 Å². The van der Waals surface area contributed by atoms with E-state index in [1.807, 2.05) is 18.2 Å². The normalized spacial score (nSPS) is 21.9. The third-order valence-corrected chi connectivity index (χ3v) is 4.32. The molecule has 0 aliphatic carbocycles. The highest BCUT2D eigenvalue weighted by Crippen LogP contribution is 2.32. The number of ether oxygens (including phenoxy) is 2. The molecule has 1 aromatic carbocycles. The molecule has 1 saturated heterocycles. The van der Waals surface area contributed by atoms with E-state index in [1.54, 1.807) is 0 Å². The third-order valence-electron chi connectivity index (χ3n) is 3.69. The summed E-state index contributed by atoms with van der Waals surface area (Å²) in [6, 6.07) is 5.97. The Morgan fingerprint density at radius 2 is 2.14 bits per heavy atom. The minimum absolute atomic E-state index is 0.211. The number of benzene rings is 1. The largest absolute Gasteiger partial charge is 0.454 e. The van der Waals surface area contributed by atoms with E-state index in [-0.39, 0.29) is 12.9 Å². The summed E-state index contributed by atoms with van der Waals surface area (Å²) < 4.78 is 37.9. The van der Waals surface area contributed by atoms with E-state index in [0.29, 0.717) is 6.54 Å². The van der Waals surface area contributed by atoms with Crippen LogP contribution >= 0.6 is 0 Å². The molecule has 116 valence electrons. The summed E-state index contributed by atoms with van der Waals surface area (Å²) in [5.74, 6) is 1.59. The Hall–Kier alpha value is -1.31. The lowest BCUT2D eigenvalue weighted by molar-refractivity contribution is 0.174. The van der Waals surface area contributed by atoms with Crippen molar-refractivity contribution in [2.24, 2.45) is 0 Å². The quantitative estimate of drug-likeness (QED) is 0.756. The second-order valence-corrected chi connectivity index (χ2v) is 7.05. The van der Waals surface area contributed by atoms with Crippen LogP contribution in [0.5, 0.6) is 11.5 Å². The van der Waals surface area contributed by atoms with Crippen LogP contribution in [0.2, 0.25) is 0 Å². The number of rotatable bonds is 5. The van der Waals surface area contributed by atoms with Gasteiger partial charge in [-0.05, 0) is 30.5 Å². The molecule has 0 aromatic heterocycles. The monoisotopic (exact) mass is 313 g/mol. The summed E-state index contributed by atoms with van der Waals surface area (Å²) >= 11 is 0. The fourth-order valence-corrected chi connectivity index (χ4v) is 3.36. The van der Waals surface area contributed by atoms with Crippen molar-refractivity contribution in [2.45, 2.75) is 18.9 Å². The van der Waals surface area contributed by atoms with Gasteiger partial charge in [-0.1, -0.05) is 6.07 Å². The molecule has 7 heteroatoms. The predicted octanol–water partition coefficient (Wildman–Crippen LogP) is 1.01. The molecule has 0 N–H and O–H groups in total. The lowest BCUT2D eigenvalue weighted by Gasteiger charge is -2.15. The fourth-order valence-electron chi connectivity index (χ4n) is 2.71. The van der Waals surface area contributed by atoms with Crippen LogP contribution in [0.15, 0.2) is 18.2 Å². The van der Waals surface area contributed by atoms with Gasteiger partial charge in [0.05, 0.1) is 12.4 Å². The second-order valence-electron chi connectivity index (χ2n) is 5.45. The molecule has 0 bridgehead atoms. The van der Waals surface area contributed by atoms with Crippen LogP contribution in [0.3, 0.4) is 0 Å². The molecule has 2 aliphatic heterocycles. The van der Waals surface area contributed by atoms with E-state index >= 15 is 0 Å². The lowest BCUT2D eigenvalue weighted by Crippen LogP contribution is -2.26. The van der Waals surface area contributed by atoms with Gasteiger partial charge in [0.25, 0.3) is 10.1 Å². The Morgan fingerprint density at radius 3 is 2.95 bits per heavy atom. The Kier molecular flexibility index (Phi) is 4.05. The molecule has 2 heterocycles. The predicted molar refractivity (Wildman–Crippen MR) is 77.0 cm³/mol. The van der Waals surface area contributed by atoms with Gasteiger partial charge in [0.15, 0.2) is 11.5 Å². The Morgan fingerprint density at radius 1 is 1.33 bits per heavy atom. The average Bonchev–Trinajstić information content (AvgIpc) is 3.02. The van der Waals surface area contributed by atoms with Crippen LogP contribution in [0.25, 0.3) is 0 Å². The summed E-state index contributed by atoms with van der Waals surface area (Å²) in [5.41, 5.74) is 1.19. The molecule has 1 fully saturated rings. The summed E-state index contributed by atoms with van der Waals surface area (Å²) in [6.45, 7) is 2.70. The molecular formula is C14H19NO5S. The van der Waals surface area contributed by atoms with Gasteiger partial charge in [-0.25, -0.2) is 0 Å². The van der Waals surface area contributed by atoms with Gasteiger partial charge in [0.1, 0.15) is 0 Å².